The lowest BCUT2D eigenvalue weighted by atomic mass is 10.1. The number of aliphatic hydroxyl groups is 1. The minimum Gasteiger partial charge on any atom is -0.395 e. The molecule has 0 aromatic heterocycles. The number of anilines is 1. The third kappa shape index (κ3) is 2.48. The Labute approximate surface area is 115 Å². The molecule has 7 heteroatoms. The molecular weight excluding hydrogens is 262 g/mol. The molecule has 1 aromatic rings. The predicted octanol–water partition coefficient (Wildman–Crippen LogP) is -1.07. The highest BCUT2D eigenvalue weighted by molar-refractivity contribution is 6.35. The summed E-state index contributed by atoms with van der Waals surface area (Å²) in [6.07, 6.45) is 0. The number of aliphatic hydroxyl groups excluding tert-OH is 1. The van der Waals surface area contributed by atoms with E-state index in [0.29, 0.717) is 11.3 Å². The molecule has 3 amide bonds. The fraction of sp³-hybridized carbons (Fsp3) is 0.308. The molecule has 1 aliphatic rings. The Morgan fingerprint density at radius 1 is 1.30 bits per heavy atom. The van der Waals surface area contributed by atoms with Gasteiger partial charge in [-0.1, -0.05) is 18.2 Å². The molecule has 3 N–H and O–H groups in total. The molecule has 20 heavy (non-hydrogen) atoms. The molecule has 2 rings (SSSR count). The van der Waals surface area contributed by atoms with Crippen LogP contribution in [0.5, 0.6) is 0 Å². The lowest BCUT2D eigenvalue weighted by Crippen LogP contribution is -2.44. The van der Waals surface area contributed by atoms with E-state index in [1.54, 1.807) is 31.3 Å². The van der Waals surface area contributed by atoms with Crippen molar-refractivity contribution in [3.8, 4) is 0 Å². The number of amides is 3. The Hall–Kier alpha value is -2.41. The maximum absolute atomic E-state index is 12.1. The summed E-state index contributed by atoms with van der Waals surface area (Å²) >= 11 is 0. The summed E-state index contributed by atoms with van der Waals surface area (Å²) in [5.41, 5.74) is 1.36. The van der Waals surface area contributed by atoms with Gasteiger partial charge < -0.3 is 20.6 Å². The van der Waals surface area contributed by atoms with Gasteiger partial charge in [-0.25, -0.2) is 0 Å². The van der Waals surface area contributed by atoms with Gasteiger partial charge in [0.05, 0.1) is 6.61 Å². The van der Waals surface area contributed by atoms with Crippen LogP contribution >= 0.6 is 0 Å². The molecule has 0 aliphatic carbocycles. The van der Waals surface area contributed by atoms with Crippen LogP contribution in [0.2, 0.25) is 0 Å². The zero-order valence-corrected chi connectivity index (χ0v) is 10.9. The number of fused-ring (bicyclic) bond motifs is 1. The van der Waals surface area contributed by atoms with E-state index in [1.165, 1.54) is 4.90 Å². The largest absolute Gasteiger partial charge is 0.395 e. The summed E-state index contributed by atoms with van der Waals surface area (Å²) in [6, 6.07) is 6.19. The Bertz CT molecular complexity index is 558. The Morgan fingerprint density at radius 2 is 2.00 bits per heavy atom. The van der Waals surface area contributed by atoms with E-state index in [0.717, 1.165) is 0 Å². The fourth-order valence-corrected chi connectivity index (χ4v) is 2.07. The number of hydrogen-bond donors (Lipinski definition) is 3. The average molecular weight is 277 g/mol. The van der Waals surface area contributed by atoms with E-state index in [2.05, 4.69) is 10.6 Å². The number of nitrogens with zero attached hydrogens (tertiary/aromatic N) is 1. The van der Waals surface area contributed by atoms with Crippen molar-refractivity contribution >= 4 is 23.4 Å². The van der Waals surface area contributed by atoms with Crippen LogP contribution in [0.25, 0.3) is 0 Å². The first-order chi connectivity index (χ1) is 9.56. The van der Waals surface area contributed by atoms with E-state index < -0.39 is 17.9 Å². The molecule has 7 nitrogen and oxygen atoms in total. The molecule has 0 unspecified atom stereocenters. The van der Waals surface area contributed by atoms with Crippen LogP contribution in [-0.2, 0) is 14.4 Å². The Morgan fingerprint density at radius 3 is 2.70 bits per heavy atom. The van der Waals surface area contributed by atoms with Gasteiger partial charge in [0.15, 0.2) is 0 Å². The first kappa shape index (κ1) is 14.0. The highest BCUT2D eigenvalue weighted by Gasteiger charge is 2.36. The Balaban J connectivity index is 2.12. The van der Waals surface area contributed by atoms with Crippen molar-refractivity contribution in [1.29, 1.82) is 0 Å². The van der Waals surface area contributed by atoms with Crippen molar-refractivity contribution in [2.24, 2.45) is 0 Å². The zero-order chi connectivity index (χ0) is 14.7. The molecule has 0 spiro atoms. The lowest BCUT2D eigenvalue weighted by Gasteiger charge is -2.12. The van der Waals surface area contributed by atoms with Gasteiger partial charge >= 0.3 is 11.8 Å². The third-order valence-corrected chi connectivity index (χ3v) is 3.07. The highest BCUT2D eigenvalue weighted by Crippen LogP contribution is 2.34. The number of hydrogen-bond acceptors (Lipinski definition) is 4. The topological polar surface area (TPSA) is 98.7 Å². The molecule has 0 radical (unpaired) electrons. The van der Waals surface area contributed by atoms with Crippen LogP contribution in [0.3, 0.4) is 0 Å². The second kappa shape index (κ2) is 5.70. The molecule has 0 saturated heterocycles. The smallest absolute Gasteiger partial charge is 0.310 e. The summed E-state index contributed by atoms with van der Waals surface area (Å²) in [4.78, 5) is 36.6. The highest BCUT2D eigenvalue weighted by atomic mass is 16.3. The number of benzene rings is 1. The first-order valence-corrected chi connectivity index (χ1v) is 6.12. The van der Waals surface area contributed by atoms with Crippen molar-refractivity contribution in [3.05, 3.63) is 29.8 Å². The van der Waals surface area contributed by atoms with Crippen LogP contribution < -0.4 is 15.5 Å². The molecule has 0 saturated carbocycles. The summed E-state index contributed by atoms with van der Waals surface area (Å²) < 4.78 is 0. The lowest BCUT2D eigenvalue weighted by molar-refractivity contribution is -0.140. The molecule has 106 valence electrons. The van der Waals surface area contributed by atoms with Crippen molar-refractivity contribution in [2.75, 3.05) is 25.1 Å². The quantitative estimate of drug-likeness (QED) is 0.613. The standard InChI is InChI=1S/C13H15N3O4/c1-16-9-5-3-2-4-8(9)10(13(16)20)15-12(19)11(18)14-6-7-17/h2-5,10,17H,6-7H2,1H3,(H,14,18)(H,15,19)/t10-/m1/s1. The van der Waals surface area contributed by atoms with Gasteiger partial charge in [0.25, 0.3) is 5.91 Å². The van der Waals surface area contributed by atoms with Gasteiger partial charge in [0, 0.05) is 24.8 Å². The number of para-hydroxylation sites is 1. The molecule has 1 atom stereocenters. The maximum atomic E-state index is 12.1. The number of carbonyl (C=O) groups excluding carboxylic acids is 3. The van der Waals surface area contributed by atoms with Crippen LogP contribution in [0, 0.1) is 0 Å². The minimum atomic E-state index is -0.901. The number of carbonyl (C=O) groups is 3. The van der Waals surface area contributed by atoms with Crippen molar-refractivity contribution in [2.45, 2.75) is 6.04 Å². The molecule has 1 aliphatic heterocycles. The van der Waals surface area contributed by atoms with Crippen LogP contribution in [0.1, 0.15) is 11.6 Å². The van der Waals surface area contributed by atoms with E-state index in [9.17, 15) is 14.4 Å². The van der Waals surface area contributed by atoms with Gasteiger partial charge in [0.2, 0.25) is 0 Å². The molecule has 1 aromatic carbocycles. The second-order valence-electron chi connectivity index (χ2n) is 4.34. The van der Waals surface area contributed by atoms with E-state index in [1.807, 2.05) is 0 Å². The first-order valence-electron chi connectivity index (χ1n) is 6.12. The van der Waals surface area contributed by atoms with Gasteiger partial charge in [-0.15, -0.1) is 0 Å². The van der Waals surface area contributed by atoms with Crippen molar-refractivity contribution < 1.29 is 19.5 Å². The van der Waals surface area contributed by atoms with Crippen molar-refractivity contribution in [3.63, 3.8) is 0 Å². The van der Waals surface area contributed by atoms with E-state index >= 15 is 0 Å². The van der Waals surface area contributed by atoms with Gasteiger partial charge in [-0.05, 0) is 6.07 Å². The summed E-state index contributed by atoms with van der Waals surface area (Å²) in [5, 5.41) is 13.2. The molecule has 1 heterocycles. The van der Waals surface area contributed by atoms with E-state index in [4.69, 9.17) is 5.11 Å². The number of nitrogens with one attached hydrogen (secondary N) is 2. The van der Waals surface area contributed by atoms with Crippen LogP contribution in [-0.4, -0.2) is 43.0 Å². The second-order valence-corrected chi connectivity index (χ2v) is 4.34. The summed E-state index contributed by atoms with van der Waals surface area (Å²) in [7, 11) is 1.61. The predicted molar refractivity (Wildman–Crippen MR) is 70.8 cm³/mol. The number of rotatable bonds is 3. The minimum absolute atomic E-state index is 0.0125. The van der Waals surface area contributed by atoms with E-state index in [-0.39, 0.29) is 19.1 Å². The molecule has 0 bridgehead atoms. The van der Waals surface area contributed by atoms with Crippen molar-refractivity contribution in [1.82, 2.24) is 10.6 Å². The normalized spacial score (nSPS) is 16.8. The monoisotopic (exact) mass is 277 g/mol. The summed E-state index contributed by atoms with van der Waals surface area (Å²) in [5.74, 6) is -2.07. The van der Waals surface area contributed by atoms with Crippen LogP contribution in [0.4, 0.5) is 5.69 Å². The van der Waals surface area contributed by atoms with Gasteiger partial charge in [-0.3, -0.25) is 14.4 Å². The zero-order valence-electron chi connectivity index (χ0n) is 10.9. The fourth-order valence-electron chi connectivity index (χ4n) is 2.07. The SMILES string of the molecule is CN1C(=O)[C@H](NC(=O)C(=O)NCCO)c2ccccc21. The average Bonchev–Trinajstić information content (AvgIpc) is 2.70. The van der Waals surface area contributed by atoms with Gasteiger partial charge in [-0.2, -0.15) is 0 Å². The third-order valence-electron chi connectivity index (χ3n) is 3.07. The Kier molecular flexibility index (Phi) is 3.99. The number of likely N-dealkylation sites (N-methyl/N-ethyl adjacent to an activating group) is 1. The van der Waals surface area contributed by atoms with Gasteiger partial charge in [0.1, 0.15) is 6.04 Å². The molecule has 0 fully saturated rings. The molecular formula is C13H15N3O4. The summed E-state index contributed by atoms with van der Waals surface area (Å²) in [6.45, 7) is -0.270. The maximum Gasteiger partial charge on any atom is 0.310 e. The van der Waals surface area contributed by atoms with Crippen LogP contribution in [0.15, 0.2) is 24.3 Å².